The minimum atomic E-state index is -0.985. The first-order chi connectivity index (χ1) is 15.0. The van der Waals surface area contributed by atoms with Crippen LogP contribution in [0.1, 0.15) is 48.5 Å². The number of aliphatic hydroxyl groups is 1. The lowest BCUT2D eigenvalue weighted by Gasteiger charge is -2.45. The molecule has 0 saturated carbocycles. The molecule has 2 N–H and O–H groups in total. The van der Waals surface area contributed by atoms with Gasteiger partial charge in [-0.2, -0.15) is 0 Å². The number of carbonyl (C=O) groups excluding carboxylic acids is 1. The number of nitrogens with zero attached hydrogens (tertiary/aromatic N) is 4. The van der Waals surface area contributed by atoms with E-state index in [2.05, 4.69) is 4.57 Å². The molecule has 8 heteroatoms. The van der Waals surface area contributed by atoms with Crippen LogP contribution >= 0.6 is 0 Å². The van der Waals surface area contributed by atoms with Crippen molar-refractivity contribution < 1.29 is 19.8 Å². The molecule has 2 amide bonds. The Morgan fingerprint density at radius 3 is 2.68 bits per heavy atom. The Morgan fingerprint density at radius 2 is 1.90 bits per heavy atom. The van der Waals surface area contributed by atoms with E-state index in [1.165, 1.54) is 10.6 Å². The Kier molecular flexibility index (Phi) is 4.97. The molecule has 1 fully saturated rings. The van der Waals surface area contributed by atoms with Crippen LogP contribution in [0, 0.1) is 0 Å². The van der Waals surface area contributed by atoms with Crippen molar-refractivity contribution in [1.82, 2.24) is 14.5 Å². The number of carbonyl (C=O) groups is 2. The maximum Gasteiger partial charge on any atom is 0.407 e. The summed E-state index contributed by atoms with van der Waals surface area (Å²) in [4.78, 5) is 33.0. The zero-order valence-corrected chi connectivity index (χ0v) is 17.6. The largest absolute Gasteiger partial charge is 0.465 e. The zero-order chi connectivity index (χ0) is 21.6. The van der Waals surface area contributed by atoms with Crippen molar-refractivity contribution in [2.24, 2.45) is 0 Å². The molecule has 2 aliphatic heterocycles. The summed E-state index contributed by atoms with van der Waals surface area (Å²) in [6.45, 7) is 1.76. The first-order valence-corrected chi connectivity index (χ1v) is 11.1. The van der Waals surface area contributed by atoms with E-state index in [4.69, 9.17) is 4.98 Å². The van der Waals surface area contributed by atoms with Crippen molar-refractivity contribution in [3.8, 4) is 0 Å². The summed E-state index contributed by atoms with van der Waals surface area (Å²) >= 11 is 0. The number of anilines is 1. The maximum atomic E-state index is 13.6. The molecule has 1 spiro atoms. The molecule has 3 heterocycles. The highest BCUT2D eigenvalue weighted by Gasteiger charge is 2.59. The van der Waals surface area contributed by atoms with Gasteiger partial charge in [0.2, 0.25) is 5.91 Å². The number of fused-ring (bicyclic) bond motifs is 3. The third kappa shape index (κ3) is 3.12. The van der Waals surface area contributed by atoms with E-state index in [0.717, 1.165) is 67.8 Å². The average molecular weight is 425 g/mol. The minimum Gasteiger partial charge on any atom is -0.465 e. The van der Waals surface area contributed by atoms with Crippen LogP contribution in [0.4, 0.5) is 10.5 Å². The molecule has 1 saturated heterocycles. The quantitative estimate of drug-likeness (QED) is 0.694. The number of hydrogen-bond acceptors (Lipinski definition) is 4. The predicted molar refractivity (Wildman–Crippen MR) is 114 cm³/mol. The van der Waals surface area contributed by atoms with Crippen LogP contribution < -0.4 is 4.90 Å². The van der Waals surface area contributed by atoms with Crippen LogP contribution in [0.3, 0.4) is 0 Å². The number of imidazole rings is 1. The van der Waals surface area contributed by atoms with E-state index in [1.54, 1.807) is 4.90 Å². The standard InChI is InChI=1S/C23H28N4O4/c28-12-6-5-11-26-19-10-4-2-8-17(19)24-20(26)13-27-18-9-3-1-7-16(18)23(21(27)29)14-25(15-23)22(30)31/h1,3,7,9,28H,2,4-6,8,10-15H2,(H,30,31). The van der Waals surface area contributed by atoms with Crippen molar-refractivity contribution in [3.63, 3.8) is 0 Å². The second-order valence-corrected chi connectivity index (χ2v) is 8.84. The van der Waals surface area contributed by atoms with Gasteiger partial charge in [0.15, 0.2) is 0 Å². The lowest BCUT2D eigenvalue weighted by molar-refractivity contribution is -0.128. The van der Waals surface area contributed by atoms with Gasteiger partial charge in [0, 0.05) is 37.6 Å². The number of amides is 2. The second-order valence-electron chi connectivity index (χ2n) is 8.84. The summed E-state index contributed by atoms with van der Waals surface area (Å²) in [7, 11) is 0. The minimum absolute atomic E-state index is 0.0333. The number of aromatic nitrogens is 2. The maximum absolute atomic E-state index is 13.6. The Morgan fingerprint density at radius 1 is 1.13 bits per heavy atom. The van der Waals surface area contributed by atoms with E-state index in [-0.39, 0.29) is 25.6 Å². The summed E-state index contributed by atoms with van der Waals surface area (Å²) in [5.74, 6) is 0.855. The molecule has 3 aliphatic rings. The number of rotatable bonds is 6. The number of aliphatic hydroxyl groups excluding tert-OH is 1. The highest BCUT2D eigenvalue weighted by Crippen LogP contribution is 2.47. The number of hydrogen-bond donors (Lipinski definition) is 2. The van der Waals surface area contributed by atoms with Gasteiger partial charge in [-0.05, 0) is 50.2 Å². The van der Waals surface area contributed by atoms with Crippen molar-refractivity contribution in [1.29, 1.82) is 0 Å². The molecule has 164 valence electrons. The summed E-state index contributed by atoms with van der Waals surface area (Å²) in [5.41, 5.74) is 3.42. The average Bonchev–Trinajstić information content (AvgIpc) is 3.20. The van der Waals surface area contributed by atoms with Crippen molar-refractivity contribution in [2.45, 2.75) is 57.0 Å². The Bertz CT molecular complexity index is 1020. The van der Waals surface area contributed by atoms with Gasteiger partial charge in [0.05, 0.1) is 12.2 Å². The van der Waals surface area contributed by atoms with E-state index in [1.807, 2.05) is 24.3 Å². The first-order valence-electron chi connectivity index (χ1n) is 11.1. The first kappa shape index (κ1) is 20.1. The van der Waals surface area contributed by atoms with Crippen LogP contribution in [0.5, 0.6) is 0 Å². The predicted octanol–water partition coefficient (Wildman–Crippen LogP) is 2.31. The summed E-state index contributed by atoms with van der Waals surface area (Å²) in [6, 6.07) is 7.73. The molecule has 1 aromatic heterocycles. The fraction of sp³-hybridized carbons (Fsp3) is 0.522. The molecular formula is C23H28N4O4. The topological polar surface area (TPSA) is 98.9 Å². The molecular weight excluding hydrogens is 396 g/mol. The zero-order valence-electron chi connectivity index (χ0n) is 17.6. The number of likely N-dealkylation sites (tertiary alicyclic amines) is 1. The SMILES string of the molecule is O=C(O)N1CC2(C1)C(=O)N(Cc1nc3c(n1CCCCO)CCCC3)c1ccccc12. The van der Waals surface area contributed by atoms with Gasteiger partial charge in [0.25, 0.3) is 0 Å². The second kappa shape index (κ2) is 7.67. The molecule has 0 radical (unpaired) electrons. The smallest absolute Gasteiger partial charge is 0.407 e. The Labute approximate surface area is 181 Å². The van der Waals surface area contributed by atoms with Gasteiger partial charge >= 0.3 is 6.09 Å². The number of para-hydroxylation sites is 1. The highest BCUT2D eigenvalue weighted by molar-refractivity contribution is 6.09. The number of benzene rings is 1. The summed E-state index contributed by atoms with van der Waals surface area (Å²) < 4.78 is 2.26. The molecule has 0 atom stereocenters. The fourth-order valence-corrected chi connectivity index (χ4v) is 5.36. The van der Waals surface area contributed by atoms with Crippen LogP contribution in [0.25, 0.3) is 0 Å². The third-order valence-electron chi connectivity index (χ3n) is 6.96. The molecule has 1 aliphatic carbocycles. The molecule has 31 heavy (non-hydrogen) atoms. The van der Waals surface area contributed by atoms with E-state index < -0.39 is 11.5 Å². The van der Waals surface area contributed by atoms with Gasteiger partial charge in [-0.25, -0.2) is 9.78 Å². The van der Waals surface area contributed by atoms with Crippen molar-refractivity contribution in [2.75, 3.05) is 24.6 Å². The molecule has 0 unspecified atom stereocenters. The van der Waals surface area contributed by atoms with E-state index in [9.17, 15) is 19.8 Å². The normalized spacial score (nSPS) is 18.8. The lowest BCUT2D eigenvalue weighted by atomic mass is 9.75. The lowest BCUT2D eigenvalue weighted by Crippen LogP contribution is -2.65. The number of unbranched alkanes of at least 4 members (excludes halogenated alkanes) is 1. The summed E-state index contributed by atoms with van der Waals surface area (Å²) in [6.07, 6.45) is 4.89. The molecule has 0 bridgehead atoms. The van der Waals surface area contributed by atoms with Crippen LogP contribution in [-0.4, -0.2) is 56.4 Å². The van der Waals surface area contributed by atoms with Gasteiger partial charge in [-0.3, -0.25) is 4.79 Å². The Hall–Kier alpha value is -2.87. The third-order valence-corrected chi connectivity index (χ3v) is 6.96. The monoisotopic (exact) mass is 424 g/mol. The van der Waals surface area contributed by atoms with Gasteiger partial charge in [-0.1, -0.05) is 18.2 Å². The van der Waals surface area contributed by atoms with Crippen LogP contribution in [0.2, 0.25) is 0 Å². The van der Waals surface area contributed by atoms with Gasteiger partial charge in [0.1, 0.15) is 11.2 Å². The Balaban J connectivity index is 1.47. The number of carboxylic acid groups (broad SMARTS) is 1. The van der Waals surface area contributed by atoms with Gasteiger partial charge in [-0.15, -0.1) is 0 Å². The van der Waals surface area contributed by atoms with Crippen LogP contribution in [0.15, 0.2) is 24.3 Å². The number of aryl methyl sites for hydroxylation is 1. The summed E-state index contributed by atoms with van der Waals surface area (Å²) in [5, 5.41) is 18.5. The van der Waals surface area contributed by atoms with Crippen LogP contribution in [-0.2, 0) is 36.1 Å². The van der Waals surface area contributed by atoms with E-state index >= 15 is 0 Å². The van der Waals surface area contributed by atoms with E-state index in [0.29, 0.717) is 6.54 Å². The van der Waals surface area contributed by atoms with Gasteiger partial charge < -0.3 is 24.6 Å². The van der Waals surface area contributed by atoms with Crippen molar-refractivity contribution >= 4 is 17.7 Å². The fourth-order valence-electron chi connectivity index (χ4n) is 5.36. The molecule has 8 nitrogen and oxygen atoms in total. The molecule has 5 rings (SSSR count). The molecule has 2 aromatic rings. The molecule has 1 aromatic carbocycles. The highest BCUT2D eigenvalue weighted by atomic mass is 16.4. The van der Waals surface area contributed by atoms with Crippen molar-refractivity contribution in [3.05, 3.63) is 47.0 Å².